The molecule has 0 aliphatic heterocycles. The van der Waals surface area contributed by atoms with Crippen molar-refractivity contribution < 1.29 is 4.52 Å². The Labute approximate surface area is 141 Å². The van der Waals surface area contributed by atoms with Crippen LogP contribution in [0.1, 0.15) is 55.9 Å². The quantitative estimate of drug-likeness (QED) is 0.816. The van der Waals surface area contributed by atoms with E-state index in [0.717, 1.165) is 30.9 Å². The van der Waals surface area contributed by atoms with E-state index < -0.39 is 0 Å². The second-order valence-electron chi connectivity index (χ2n) is 6.81. The van der Waals surface area contributed by atoms with E-state index in [1.54, 1.807) is 0 Å². The summed E-state index contributed by atoms with van der Waals surface area (Å²) in [6.45, 7) is 4.78. The largest absolute Gasteiger partial charge is 0.368 e. The van der Waals surface area contributed by atoms with E-state index in [0.29, 0.717) is 30.0 Å². The molecule has 24 heavy (non-hydrogen) atoms. The van der Waals surface area contributed by atoms with Crippen molar-refractivity contribution in [3.05, 3.63) is 23.5 Å². The summed E-state index contributed by atoms with van der Waals surface area (Å²) in [5.74, 6) is 3.12. The lowest BCUT2D eigenvalue weighted by atomic mass is 9.78. The molecule has 1 aliphatic rings. The lowest BCUT2D eigenvalue weighted by Crippen LogP contribution is -2.35. The third kappa shape index (κ3) is 3.64. The summed E-state index contributed by atoms with van der Waals surface area (Å²) in [5, 5.41) is 4.01. The van der Waals surface area contributed by atoms with Gasteiger partial charge in [0.25, 0.3) is 0 Å². The lowest BCUT2D eigenvalue weighted by Gasteiger charge is -2.32. The van der Waals surface area contributed by atoms with Gasteiger partial charge in [-0.2, -0.15) is 9.97 Å². The molecule has 8 heteroatoms. The maximum absolute atomic E-state index is 5.87. The molecule has 2 aromatic heterocycles. The minimum absolute atomic E-state index is 0.238. The molecule has 8 nitrogen and oxygen atoms in total. The molecule has 0 spiro atoms. The van der Waals surface area contributed by atoms with Crippen LogP contribution in [0.4, 0.5) is 11.8 Å². The van der Waals surface area contributed by atoms with Crippen LogP contribution in [0.15, 0.2) is 10.6 Å². The van der Waals surface area contributed by atoms with Crippen molar-refractivity contribution in [1.29, 1.82) is 0 Å². The molecule has 1 fully saturated rings. The summed E-state index contributed by atoms with van der Waals surface area (Å²) in [6.07, 6.45) is 2.60. The number of nitrogen functional groups attached to an aromatic ring is 1. The highest BCUT2D eigenvalue weighted by Crippen LogP contribution is 2.35. The zero-order chi connectivity index (χ0) is 17.3. The Morgan fingerprint density at radius 3 is 2.67 bits per heavy atom. The number of rotatable bonds is 6. The summed E-state index contributed by atoms with van der Waals surface area (Å²) in [7, 11) is 1.97. The van der Waals surface area contributed by atoms with Gasteiger partial charge in [0.2, 0.25) is 11.8 Å². The summed E-state index contributed by atoms with van der Waals surface area (Å²) < 4.78 is 5.23. The van der Waals surface area contributed by atoms with Crippen LogP contribution in [0, 0.1) is 0 Å². The first-order valence-corrected chi connectivity index (χ1v) is 8.36. The number of hydrogen-bond acceptors (Lipinski definition) is 8. The first-order valence-electron chi connectivity index (χ1n) is 8.36. The maximum Gasteiger partial charge on any atom is 0.229 e. The van der Waals surface area contributed by atoms with Gasteiger partial charge in [-0.1, -0.05) is 19.0 Å². The number of likely N-dealkylation sites (N-methyl/N-ethyl adjacent to an activating group) is 1. The van der Waals surface area contributed by atoms with E-state index in [1.165, 1.54) is 0 Å². The number of nitrogens with two attached hydrogens (primary N) is 2. The van der Waals surface area contributed by atoms with E-state index in [2.05, 4.69) is 20.1 Å². The van der Waals surface area contributed by atoms with Crippen molar-refractivity contribution in [3.8, 4) is 0 Å². The molecule has 0 aromatic carbocycles. The fraction of sp³-hybridized carbons (Fsp3) is 0.625. The minimum atomic E-state index is 0.238. The Hall–Kier alpha value is -2.22. The van der Waals surface area contributed by atoms with Crippen molar-refractivity contribution in [1.82, 2.24) is 20.1 Å². The molecule has 0 atom stereocenters. The molecular formula is C16H25N7O. The Kier molecular flexibility index (Phi) is 4.66. The van der Waals surface area contributed by atoms with Crippen LogP contribution in [0.25, 0.3) is 0 Å². The standard InChI is InChI=1S/C16H25N7O/c1-9(2)15-20-13(22-24-15)4-5-23(3)14-8-12(19-16(18)21-14)10-6-11(17)7-10/h8-11H,4-7,17H2,1-3H3,(H2,18,19,21). The van der Waals surface area contributed by atoms with Gasteiger partial charge in [-0.15, -0.1) is 0 Å². The zero-order valence-electron chi connectivity index (χ0n) is 14.4. The summed E-state index contributed by atoms with van der Waals surface area (Å²) >= 11 is 0. The minimum Gasteiger partial charge on any atom is -0.368 e. The predicted molar refractivity (Wildman–Crippen MR) is 91.8 cm³/mol. The molecule has 0 radical (unpaired) electrons. The third-order valence-corrected chi connectivity index (χ3v) is 4.38. The van der Waals surface area contributed by atoms with Crippen LogP contribution in [0.2, 0.25) is 0 Å². The molecular weight excluding hydrogens is 306 g/mol. The van der Waals surface area contributed by atoms with Crippen molar-refractivity contribution in [2.75, 3.05) is 24.2 Å². The van der Waals surface area contributed by atoms with Crippen LogP contribution in [0.3, 0.4) is 0 Å². The molecule has 0 unspecified atom stereocenters. The molecule has 3 rings (SSSR count). The van der Waals surface area contributed by atoms with E-state index in [4.69, 9.17) is 16.0 Å². The molecule has 2 heterocycles. The number of hydrogen-bond donors (Lipinski definition) is 2. The van der Waals surface area contributed by atoms with E-state index in [1.807, 2.05) is 31.9 Å². The highest BCUT2D eigenvalue weighted by atomic mass is 16.5. The van der Waals surface area contributed by atoms with Crippen LogP contribution < -0.4 is 16.4 Å². The van der Waals surface area contributed by atoms with Crippen molar-refractivity contribution in [2.45, 2.75) is 51.0 Å². The summed E-state index contributed by atoms with van der Waals surface area (Å²) in [6, 6.07) is 2.28. The molecule has 1 saturated carbocycles. The van der Waals surface area contributed by atoms with Gasteiger partial charge in [0.15, 0.2) is 5.82 Å². The Bertz CT molecular complexity index is 693. The summed E-state index contributed by atoms with van der Waals surface area (Å²) in [5.41, 5.74) is 12.7. The van der Waals surface area contributed by atoms with E-state index in [9.17, 15) is 0 Å². The smallest absolute Gasteiger partial charge is 0.229 e. The van der Waals surface area contributed by atoms with Crippen molar-refractivity contribution >= 4 is 11.8 Å². The van der Waals surface area contributed by atoms with Crippen LogP contribution >= 0.6 is 0 Å². The zero-order valence-corrected chi connectivity index (χ0v) is 14.4. The van der Waals surface area contributed by atoms with Gasteiger partial charge in [-0.3, -0.25) is 0 Å². The maximum atomic E-state index is 5.87. The third-order valence-electron chi connectivity index (χ3n) is 4.38. The van der Waals surface area contributed by atoms with Crippen LogP contribution in [-0.2, 0) is 6.42 Å². The van der Waals surface area contributed by atoms with Gasteiger partial charge in [0.1, 0.15) is 5.82 Å². The molecule has 4 N–H and O–H groups in total. The topological polar surface area (TPSA) is 120 Å². The van der Waals surface area contributed by atoms with Gasteiger partial charge >= 0.3 is 0 Å². The number of anilines is 2. The average Bonchev–Trinajstić information content (AvgIpc) is 2.98. The molecule has 0 amide bonds. The lowest BCUT2D eigenvalue weighted by molar-refractivity contribution is 0.345. The van der Waals surface area contributed by atoms with Crippen molar-refractivity contribution in [2.24, 2.45) is 5.73 Å². The van der Waals surface area contributed by atoms with Gasteiger partial charge in [-0.25, -0.2) is 4.98 Å². The first kappa shape index (κ1) is 16.6. The highest BCUT2D eigenvalue weighted by molar-refractivity contribution is 5.44. The van der Waals surface area contributed by atoms with E-state index >= 15 is 0 Å². The van der Waals surface area contributed by atoms with Crippen molar-refractivity contribution in [3.63, 3.8) is 0 Å². The number of aromatic nitrogens is 4. The molecule has 2 aromatic rings. The molecule has 0 bridgehead atoms. The highest BCUT2D eigenvalue weighted by Gasteiger charge is 2.29. The first-order chi connectivity index (χ1) is 11.4. The monoisotopic (exact) mass is 331 g/mol. The molecule has 130 valence electrons. The normalized spacial score (nSPS) is 20.2. The summed E-state index contributed by atoms with van der Waals surface area (Å²) in [4.78, 5) is 15.1. The van der Waals surface area contributed by atoms with Crippen LogP contribution in [-0.4, -0.2) is 39.7 Å². The predicted octanol–water partition coefficient (Wildman–Crippen LogP) is 1.45. The van der Waals surface area contributed by atoms with Crippen LogP contribution in [0.5, 0.6) is 0 Å². The Morgan fingerprint density at radius 2 is 2.04 bits per heavy atom. The fourth-order valence-corrected chi connectivity index (χ4v) is 2.77. The molecule has 0 saturated heterocycles. The molecule has 1 aliphatic carbocycles. The van der Waals surface area contributed by atoms with Gasteiger partial charge in [-0.05, 0) is 12.8 Å². The van der Waals surface area contributed by atoms with Gasteiger partial charge < -0.3 is 20.9 Å². The SMILES string of the molecule is CC(C)c1nc(CCN(C)c2cc(C3CC(N)C3)nc(N)n2)no1. The fourth-order valence-electron chi connectivity index (χ4n) is 2.77. The average molecular weight is 331 g/mol. The van der Waals surface area contributed by atoms with Gasteiger partial charge in [0, 0.05) is 44.0 Å². The van der Waals surface area contributed by atoms with Gasteiger partial charge in [0.05, 0.1) is 5.69 Å². The van der Waals surface area contributed by atoms with E-state index in [-0.39, 0.29) is 12.0 Å². The second kappa shape index (κ2) is 6.72. The second-order valence-corrected chi connectivity index (χ2v) is 6.81. The number of nitrogens with zero attached hydrogens (tertiary/aromatic N) is 5. The Balaban J connectivity index is 1.64. The Morgan fingerprint density at radius 1 is 1.29 bits per heavy atom.